The summed E-state index contributed by atoms with van der Waals surface area (Å²) in [4.78, 5) is 14.1. The van der Waals surface area contributed by atoms with Crippen LogP contribution in [-0.4, -0.2) is 11.0 Å². The van der Waals surface area contributed by atoms with Crippen molar-refractivity contribution in [2.75, 3.05) is 5.32 Å². The summed E-state index contributed by atoms with van der Waals surface area (Å²) in [5, 5.41) is 14.1. The molecule has 0 bridgehead atoms. The van der Waals surface area contributed by atoms with Gasteiger partial charge < -0.3 is 5.32 Å². The average molecular weight is 232 g/mol. The van der Waals surface area contributed by atoms with Gasteiger partial charge in [0.05, 0.1) is 4.92 Å². The fourth-order valence-electron chi connectivity index (χ4n) is 1.83. The fraction of sp³-hybridized carbons (Fsp3) is 0.417. The van der Waals surface area contributed by atoms with Crippen LogP contribution >= 0.6 is 0 Å². The second-order valence-electron chi connectivity index (χ2n) is 4.22. The first-order valence-corrected chi connectivity index (χ1v) is 5.61. The molecule has 88 valence electrons. The van der Waals surface area contributed by atoms with E-state index in [0.29, 0.717) is 18.3 Å². The third kappa shape index (κ3) is 2.53. The largest absolute Gasteiger partial charge is 0.377 e. The van der Waals surface area contributed by atoms with Gasteiger partial charge in [-0.15, -0.1) is 0 Å². The van der Waals surface area contributed by atoms with Gasteiger partial charge in [-0.05, 0) is 31.4 Å². The number of nitro groups is 1. The molecule has 1 aliphatic rings. The summed E-state index contributed by atoms with van der Waals surface area (Å²) in [6, 6.07) is 5.30. The van der Waals surface area contributed by atoms with Gasteiger partial charge in [0.15, 0.2) is 0 Å². The molecule has 1 N–H and O–H groups in total. The highest BCUT2D eigenvalue weighted by Crippen LogP contribution is 2.30. The van der Waals surface area contributed by atoms with Crippen molar-refractivity contribution < 1.29 is 4.92 Å². The summed E-state index contributed by atoms with van der Waals surface area (Å²) in [5.74, 6) is 0. The molecule has 1 aromatic rings. The van der Waals surface area contributed by atoms with E-state index in [1.807, 2.05) is 0 Å². The molecule has 17 heavy (non-hydrogen) atoms. The van der Waals surface area contributed by atoms with Crippen molar-refractivity contribution in [3.63, 3.8) is 0 Å². The van der Waals surface area contributed by atoms with E-state index in [0.717, 1.165) is 18.4 Å². The van der Waals surface area contributed by atoms with Gasteiger partial charge in [-0.2, -0.15) is 0 Å². The van der Waals surface area contributed by atoms with Gasteiger partial charge in [0, 0.05) is 17.7 Å². The Labute approximate surface area is 99.4 Å². The standard InChI is InChI=1S/C12H14N3O2/c1-13-8-9-5-6-12(15(16)17)11(7-9)14-10-3-2-4-10/h1,5-7,10,14H,2-4,8H2/q+1. The SMILES string of the molecule is C#[N+]Cc1ccc([N+](=O)[O-])c(NC2CCC2)c1. The number of rotatable bonds is 4. The summed E-state index contributed by atoms with van der Waals surface area (Å²) >= 11 is 0. The van der Waals surface area contributed by atoms with Crippen LogP contribution < -0.4 is 5.32 Å². The minimum atomic E-state index is -0.371. The Morgan fingerprint density at radius 1 is 1.53 bits per heavy atom. The smallest absolute Gasteiger partial charge is 0.292 e. The van der Waals surface area contributed by atoms with Crippen molar-refractivity contribution in [2.24, 2.45) is 0 Å². The maximum atomic E-state index is 10.9. The van der Waals surface area contributed by atoms with Crippen molar-refractivity contribution in [1.82, 2.24) is 0 Å². The van der Waals surface area contributed by atoms with Crippen molar-refractivity contribution in [3.8, 4) is 6.57 Å². The lowest BCUT2D eigenvalue weighted by Crippen LogP contribution is -2.27. The fourth-order valence-corrected chi connectivity index (χ4v) is 1.83. The third-order valence-electron chi connectivity index (χ3n) is 3.00. The monoisotopic (exact) mass is 232 g/mol. The van der Waals surface area contributed by atoms with Crippen molar-refractivity contribution in [1.29, 1.82) is 0 Å². The minimum Gasteiger partial charge on any atom is -0.377 e. The molecule has 2 rings (SSSR count). The first-order valence-electron chi connectivity index (χ1n) is 5.61. The molecule has 0 aromatic heterocycles. The molecule has 0 atom stereocenters. The lowest BCUT2D eigenvalue weighted by Gasteiger charge is -2.27. The highest BCUT2D eigenvalue weighted by molar-refractivity contribution is 5.63. The number of hydrogen-bond donors (Lipinski definition) is 1. The quantitative estimate of drug-likeness (QED) is 0.641. The Hall–Kier alpha value is -2.09. The number of nitro benzene ring substituents is 1. The van der Waals surface area contributed by atoms with Crippen LogP contribution in [0, 0.1) is 16.7 Å². The molecule has 1 saturated carbocycles. The first kappa shape index (κ1) is 11.4. The third-order valence-corrected chi connectivity index (χ3v) is 3.00. The Kier molecular flexibility index (Phi) is 3.24. The van der Waals surface area contributed by atoms with E-state index in [-0.39, 0.29) is 10.6 Å². The van der Waals surface area contributed by atoms with Gasteiger partial charge in [0.1, 0.15) is 5.69 Å². The molecular weight excluding hydrogens is 218 g/mol. The topological polar surface area (TPSA) is 59.5 Å². The Balaban J connectivity index is 2.26. The lowest BCUT2D eigenvalue weighted by molar-refractivity contribution is -0.384. The molecule has 0 amide bonds. The molecule has 5 heteroatoms. The zero-order valence-corrected chi connectivity index (χ0v) is 9.43. The van der Waals surface area contributed by atoms with Gasteiger partial charge in [-0.3, -0.25) is 10.1 Å². The zero-order valence-electron chi connectivity index (χ0n) is 9.43. The summed E-state index contributed by atoms with van der Waals surface area (Å²) < 4.78 is 0. The molecule has 0 aliphatic heterocycles. The van der Waals surface area contributed by atoms with Crippen LogP contribution in [0.4, 0.5) is 11.4 Å². The van der Waals surface area contributed by atoms with Crippen LogP contribution in [-0.2, 0) is 6.54 Å². The molecular formula is C12H14N3O2+. The van der Waals surface area contributed by atoms with E-state index in [9.17, 15) is 10.1 Å². The Morgan fingerprint density at radius 3 is 2.82 bits per heavy atom. The highest BCUT2D eigenvalue weighted by atomic mass is 16.6. The van der Waals surface area contributed by atoms with E-state index in [2.05, 4.69) is 10.2 Å². The number of benzene rings is 1. The van der Waals surface area contributed by atoms with Gasteiger partial charge in [-0.25, -0.2) is 0 Å². The number of nitrogens with zero attached hydrogens (tertiary/aromatic N) is 2. The number of hydrogen-bond acceptors (Lipinski definition) is 3. The van der Waals surface area contributed by atoms with Gasteiger partial charge in [-0.1, -0.05) is 4.85 Å². The average Bonchev–Trinajstić information content (AvgIpc) is 2.24. The summed E-state index contributed by atoms with van der Waals surface area (Å²) in [6.45, 7) is 5.49. The van der Waals surface area contributed by atoms with Crippen LogP contribution in [0.2, 0.25) is 0 Å². The van der Waals surface area contributed by atoms with Gasteiger partial charge in [0.2, 0.25) is 0 Å². The molecule has 1 aromatic carbocycles. The van der Waals surface area contributed by atoms with Crippen molar-refractivity contribution in [3.05, 3.63) is 38.7 Å². The van der Waals surface area contributed by atoms with Crippen LogP contribution in [0.3, 0.4) is 0 Å². The second kappa shape index (κ2) is 4.83. The minimum absolute atomic E-state index is 0.109. The van der Waals surface area contributed by atoms with E-state index in [1.165, 1.54) is 12.5 Å². The van der Waals surface area contributed by atoms with Gasteiger partial charge in [0.25, 0.3) is 18.8 Å². The second-order valence-corrected chi connectivity index (χ2v) is 4.22. The number of anilines is 1. The van der Waals surface area contributed by atoms with E-state index in [4.69, 9.17) is 6.57 Å². The number of nitrogens with one attached hydrogen (secondary N) is 1. The molecule has 1 fully saturated rings. The lowest BCUT2D eigenvalue weighted by atomic mass is 9.93. The predicted molar refractivity (Wildman–Crippen MR) is 66.4 cm³/mol. The normalized spacial score (nSPS) is 14.8. The molecule has 0 saturated heterocycles. The van der Waals surface area contributed by atoms with E-state index in [1.54, 1.807) is 12.1 Å². The Morgan fingerprint density at radius 2 is 2.29 bits per heavy atom. The van der Waals surface area contributed by atoms with Crippen LogP contribution in [0.5, 0.6) is 0 Å². The maximum Gasteiger partial charge on any atom is 0.292 e. The predicted octanol–water partition coefficient (Wildman–Crippen LogP) is 3.02. The molecule has 5 nitrogen and oxygen atoms in total. The Bertz CT molecular complexity index is 475. The summed E-state index contributed by atoms with van der Waals surface area (Å²) in [6.07, 6.45) is 3.33. The molecule has 0 unspecified atom stereocenters. The zero-order chi connectivity index (χ0) is 12.3. The molecule has 0 heterocycles. The van der Waals surface area contributed by atoms with Crippen molar-refractivity contribution >= 4 is 11.4 Å². The van der Waals surface area contributed by atoms with Crippen LogP contribution in [0.15, 0.2) is 18.2 Å². The van der Waals surface area contributed by atoms with E-state index < -0.39 is 0 Å². The van der Waals surface area contributed by atoms with E-state index >= 15 is 0 Å². The van der Waals surface area contributed by atoms with Crippen LogP contribution in [0.25, 0.3) is 4.85 Å². The molecule has 0 spiro atoms. The highest BCUT2D eigenvalue weighted by Gasteiger charge is 2.22. The van der Waals surface area contributed by atoms with Crippen molar-refractivity contribution in [2.45, 2.75) is 31.8 Å². The summed E-state index contributed by atoms with van der Waals surface area (Å²) in [5.41, 5.74) is 1.55. The first-order chi connectivity index (χ1) is 8.20. The molecule has 1 aliphatic carbocycles. The summed E-state index contributed by atoms with van der Waals surface area (Å²) in [7, 11) is 0. The molecule has 0 radical (unpaired) electrons. The van der Waals surface area contributed by atoms with Crippen LogP contribution in [0.1, 0.15) is 24.8 Å². The maximum absolute atomic E-state index is 10.9. The van der Waals surface area contributed by atoms with Gasteiger partial charge >= 0.3 is 0 Å².